The number of aliphatic carboxylic acids is 1. The van der Waals surface area contributed by atoms with Crippen LogP contribution in [0.4, 0.5) is 0 Å². The number of nitrogens with zero attached hydrogens (tertiary/aromatic N) is 1. The molecule has 1 amide bonds. The summed E-state index contributed by atoms with van der Waals surface area (Å²) in [6, 6.07) is 0. The number of hydrogen-bond donors (Lipinski definition) is 1. The zero-order valence-corrected chi connectivity index (χ0v) is 11.2. The summed E-state index contributed by atoms with van der Waals surface area (Å²) in [5.74, 6) is -0.549. The summed E-state index contributed by atoms with van der Waals surface area (Å²) >= 11 is 0. The third-order valence-electron chi connectivity index (χ3n) is 3.81. The van der Waals surface area contributed by atoms with Gasteiger partial charge >= 0.3 is 5.97 Å². The van der Waals surface area contributed by atoms with E-state index >= 15 is 0 Å². The lowest BCUT2D eigenvalue weighted by Crippen LogP contribution is -2.50. The van der Waals surface area contributed by atoms with Gasteiger partial charge in [0.2, 0.25) is 5.91 Å². The summed E-state index contributed by atoms with van der Waals surface area (Å²) in [4.78, 5) is 24.9. The van der Waals surface area contributed by atoms with Crippen LogP contribution in [0.1, 0.15) is 19.8 Å². The highest BCUT2D eigenvalue weighted by molar-refractivity contribution is 5.79. The predicted molar refractivity (Wildman–Crippen MR) is 66.7 cm³/mol. The maximum absolute atomic E-state index is 12.5. The fourth-order valence-electron chi connectivity index (χ4n) is 2.72. The number of morpholine rings is 1. The molecule has 1 N–H and O–H groups in total. The van der Waals surface area contributed by atoms with E-state index in [2.05, 4.69) is 0 Å². The van der Waals surface area contributed by atoms with Crippen LogP contribution in [0.3, 0.4) is 0 Å². The van der Waals surface area contributed by atoms with Crippen molar-refractivity contribution >= 4 is 11.9 Å². The smallest absolute Gasteiger partial charge is 0.306 e. The number of carbonyl (C=O) groups excluding carboxylic acids is 1. The van der Waals surface area contributed by atoms with Gasteiger partial charge in [-0.2, -0.15) is 0 Å². The molecule has 0 aliphatic carbocycles. The number of carboxylic acid groups (broad SMARTS) is 1. The lowest BCUT2D eigenvalue weighted by Gasteiger charge is -2.37. The molecule has 6 nitrogen and oxygen atoms in total. The van der Waals surface area contributed by atoms with Gasteiger partial charge in [0.25, 0.3) is 0 Å². The van der Waals surface area contributed by atoms with Gasteiger partial charge in [-0.05, 0) is 12.3 Å². The molecule has 0 saturated carbocycles. The van der Waals surface area contributed by atoms with Crippen molar-refractivity contribution in [1.82, 2.24) is 4.90 Å². The maximum Gasteiger partial charge on any atom is 0.306 e. The number of rotatable bonds is 3. The Balaban J connectivity index is 1.92. The van der Waals surface area contributed by atoms with Gasteiger partial charge in [-0.3, -0.25) is 9.59 Å². The average molecular weight is 271 g/mol. The molecule has 0 spiro atoms. The number of carbonyl (C=O) groups is 2. The molecule has 6 heteroatoms. The van der Waals surface area contributed by atoms with Crippen LogP contribution in [0.25, 0.3) is 0 Å². The second kappa shape index (κ2) is 6.34. The molecule has 19 heavy (non-hydrogen) atoms. The van der Waals surface area contributed by atoms with E-state index < -0.39 is 5.97 Å². The molecule has 0 aromatic rings. The first-order valence-corrected chi connectivity index (χ1v) is 6.78. The normalized spacial score (nSPS) is 32.1. The van der Waals surface area contributed by atoms with Crippen LogP contribution in [0.5, 0.6) is 0 Å². The Bertz CT molecular complexity index is 346. The van der Waals surface area contributed by atoms with E-state index in [1.54, 1.807) is 4.90 Å². The molecular weight excluding hydrogens is 250 g/mol. The zero-order valence-electron chi connectivity index (χ0n) is 11.2. The van der Waals surface area contributed by atoms with Gasteiger partial charge in [-0.15, -0.1) is 0 Å². The second-order valence-electron chi connectivity index (χ2n) is 5.32. The predicted octanol–water partition coefficient (Wildman–Crippen LogP) is 0.361. The molecule has 0 aromatic heterocycles. The number of hydrogen-bond acceptors (Lipinski definition) is 4. The molecule has 0 radical (unpaired) electrons. The molecule has 2 heterocycles. The number of ether oxygens (including phenoxy) is 2. The zero-order chi connectivity index (χ0) is 13.8. The van der Waals surface area contributed by atoms with Gasteiger partial charge in [0, 0.05) is 32.2 Å². The van der Waals surface area contributed by atoms with Gasteiger partial charge in [0.05, 0.1) is 19.1 Å². The third kappa shape index (κ3) is 3.67. The third-order valence-corrected chi connectivity index (χ3v) is 3.81. The molecular formula is C13H21NO5. The Labute approximate surface area is 112 Å². The largest absolute Gasteiger partial charge is 0.481 e. The highest BCUT2D eigenvalue weighted by atomic mass is 16.5. The van der Waals surface area contributed by atoms with Crippen LogP contribution in [0.15, 0.2) is 0 Å². The van der Waals surface area contributed by atoms with E-state index in [4.69, 9.17) is 14.6 Å². The van der Waals surface area contributed by atoms with Crippen molar-refractivity contribution in [2.45, 2.75) is 25.9 Å². The lowest BCUT2D eigenvalue weighted by molar-refractivity contribution is -0.153. The van der Waals surface area contributed by atoms with E-state index in [0.29, 0.717) is 32.9 Å². The van der Waals surface area contributed by atoms with Gasteiger partial charge < -0.3 is 19.5 Å². The van der Waals surface area contributed by atoms with Crippen LogP contribution in [-0.4, -0.2) is 60.9 Å². The Kier molecular flexibility index (Phi) is 4.76. The first-order chi connectivity index (χ1) is 9.08. The summed E-state index contributed by atoms with van der Waals surface area (Å²) in [6.07, 6.45) is 0.319. The minimum absolute atomic E-state index is 0.00247. The second-order valence-corrected chi connectivity index (χ2v) is 5.32. The topological polar surface area (TPSA) is 76.1 Å². The standard InChI is InChI=1S/C13H21NO5/c1-9-8-18-4-2-11(9)13(17)14-3-5-19-10(7-14)6-12(15)16/h9-11H,2-8H2,1H3,(H,15,16). The lowest BCUT2D eigenvalue weighted by atomic mass is 9.88. The molecule has 3 unspecified atom stereocenters. The maximum atomic E-state index is 12.5. The number of carboxylic acids is 1. The van der Waals surface area contributed by atoms with Crippen molar-refractivity contribution < 1.29 is 24.2 Å². The van der Waals surface area contributed by atoms with Gasteiger partial charge in [-0.25, -0.2) is 0 Å². The Morgan fingerprint density at radius 2 is 2.16 bits per heavy atom. The molecule has 2 rings (SSSR count). The highest BCUT2D eigenvalue weighted by Crippen LogP contribution is 2.24. The molecule has 2 aliphatic rings. The van der Waals surface area contributed by atoms with Crippen LogP contribution in [0, 0.1) is 11.8 Å². The molecule has 0 bridgehead atoms. The van der Waals surface area contributed by atoms with Crippen LogP contribution in [-0.2, 0) is 19.1 Å². The quantitative estimate of drug-likeness (QED) is 0.802. The van der Waals surface area contributed by atoms with E-state index in [9.17, 15) is 9.59 Å². The summed E-state index contributed by atoms with van der Waals surface area (Å²) in [5.41, 5.74) is 0. The first-order valence-electron chi connectivity index (χ1n) is 6.78. The molecule has 3 atom stereocenters. The van der Waals surface area contributed by atoms with Crippen molar-refractivity contribution in [2.24, 2.45) is 11.8 Å². The summed E-state index contributed by atoms with van der Waals surface area (Å²) < 4.78 is 10.7. The molecule has 108 valence electrons. The van der Waals surface area contributed by atoms with Crippen molar-refractivity contribution in [3.8, 4) is 0 Å². The fraction of sp³-hybridized carbons (Fsp3) is 0.846. The van der Waals surface area contributed by atoms with Crippen LogP contribution in [0.2, 0.25) is 0 Å². The van der Waals surface area contributed by atoms with Gasteiger partial charge in [0.15, 0.2) is 0 Å². The highest BCUT2D eigenvalue weighted by Gasteiger charge is 2.34. The van der Waals surface area contributed by atoms with Crippen molar-refractivity contribution in [3.63, 3.8) is 0 Å². The van der Waals surface area contributed by atoms with E-state index in [-0.39, 0.29) is 30.3 Å². The van der Waals surface area contributed by atoms with Crippen molar-refractivity contribution in [2.75, 3.05) is 32.9 Å². The van der Waals surface area contributed by atoms with Crippen LogP contribution >= 0.6 is 0 Å². The van der Waals surface area contributed by atoms with Gasteiger partial charge in [0.1, 0.15) is 0 Å². The van der Waals surface area contributed by atoms with Crippen LogP contribution < -0.4 is 0 Å². The van der Waals surface area contributed by atoms with Crippen molar-refractivity contribution in [1.29, 1.82) is 0 Å². The summed E-state index contributed by atoms with van der Waals surface area (Å²) in [5, 5.41) is 8.78. The Morgan fingerprint density at radius 3 is 2.84 bits per heavy atom. The molecule has 0 aromatic carbocycles. The molecule has 2 saturated heterocycles. The molecule has 2 fully saturated rings. The Hall–Kier alpha value is -1.14. The first kappa shape index (κ1) is 14.3. The number of amides is 1. The van der Waals surface area contributed by atoms with E-state index in [0.717, 1.165) is 6.42 Å². The summed E-state index contributed by atoms with van der Waals surface area (Å²) in [7, 11) is 0. The van der Waals surface area contributed by atoms with E-state index in [1.165, 1.54) is 0 Å². The van der Waals surface area contributed by atoms with E-state index in [1.807, 2.05) is 6.92 Å². The fourth-order valence-corrected chi connectivity index (χ4v) is 2.72. The minimum atomic E-state index is -0.890. The average Bonchev–Trinajstić information content (AvgIpc) is 2.38. The SMILES string of the molecule is CC1COCCC1C(=O)N1CCOC(CC(=O)O)C1. The van der Waals surface area contributed by atoms with Crippen molar-refractivity contribution in [3.05, 3.63) is 0 Å². The monoisotopic (exact) mass is 271 g/mol. The summed E-state index contributed by atoms with van der Waals surface area (Å²) in [6.45, 7) is 4.63. The molecule has 2 aliphatic heterocycles. The minimum Gasteiger partial charge on any atom is -0.481 e. The van der Waals surface area contributed by atoms with Gasteiger partial charge in [-0.1, -0.05) is 6.92 Å². The Morgan fingerprint density at radius 1 is 1.37 bits per heavy atom.